The van der Waals surface area contributed by atoms with Crippen LogP contribution in [0.2, 0.25) is 0 Å². The van der Waals surface area contributed by atoms with E-state index < -0.39 is 10.2 Å². The summed E-state index contributed by atoms with van der Waals surface area (Å²) in [6, 6.07) is 16.6. The number of anilines is 1. The van der Waals surface area contributed by atoms with Crippen LogP contribution in [0.15, 0.2) is 54.6 Å². The Balaban J connectivity index is 1.41. The van der Waals surface area contributed by atoms with Crippen LogP contribution in [0.25, 0.3) is 0 Å². The zero-order valence-corrected chi connectivity index (χ0v) is 21.1. The lowest BCUT2D eigenvalue weighted by molar-refractivity contribution is -0.0768. The Hall–Kier alpha value is -2.34. The van der Waals surface area contributed by atoms with Gasteiger partial charge in [-0.1, -0.05) is 42.5 Å². The number of hydrogen-bond acceptors (Lipinski definition) is 7. The summed E-state index contributed by atoms with van der Waals surface area (Å²) >= 11 is 0. The van der Waals surface area contributed by atoms with E-state index in [9.17, 15) is 13.2 Å². The van der Waals surface area contributed by atoms with Gasteiger partial charge in [0.1, 0.15) is 0 Å². The number of rotatable bonds is 11. The van der Waals surface area contributed by atoms with E-state index in [2.05, 4.69) is 9.80 Å². The number of piperazine rings is 1. The number of ketones is 1. The first-order valence-corrected chi connectivity index (χ1v) is 13.4. The molecule has 0 aromatic heterocycles. The summed E-state index contributed by atoms with van der Waals surface area (Å²) in [5.41, 5.74) is 7.35. The molecule has 0 spiro atoms. The maximum absolute atomic E-state index is 13.7. The molecule has 0 bridgehead atoms. The molecule has 2 aliphatic heterocycles. The Kier molecular flexibility index (Phi) is 8.53. The number of nitrogens with zero attached hydrogens (tertiary/aromatic N) is 4. The molecule has 0 unspecified atom stereocenters. The van der Waals surface area contributed by atoms with Crippen molar-refractivity contribution in [2.24, 2.45) is 5.73 Å². The van der Waals surface area contributed by atoms with Crippen LogP contribution in [0.4, 0.5) is 5.69 Å². The summed E-state index contributed by atoms with van der Waals surface area (Å²) in [6.45, 7) is 6.68. The average Bonchev–Trinajstić information content (AvgIpc) is 2.86. The molecule has 35 heavy (non-hydrogen) atoms. The van der Waals surface area contributed by atoms with Gasteiger partial charge in [-0.15, -0.1) is 0 Å². The highest BCUT2D eigenvalue weighted by atomic mass is 32.2. The third-order valence-corrected chi connectivity index (χ3v) is 8.65. The Morgan fingerprint density at radius 3 is 2.26 bits per heavy atom. The fourth-order valence-electron chi connectivity index (χ4n) is 4.33. The third kappa shape index (κ3) is 6.27. The fraction of sp³-hybridized carbons (Fsp3) is 0.480. The Morgan fingerprint density at radius 1 is 1.03 bits per heavy atom. The van der Waals surface area contributed by atoms with Crippen LogP contribution in [0, 0.1) is 0 Å². The topological polar surface area (TPSA) is 99.4 Å². The van der Waals surface area contributed by atoms with E-state index in [1.54, 1.807) is 43.4 Å². The Bertz CT molecular complexity index is 1070. The number of hydrogen-bond donors (Lipinski definition) is 1. The van der Waals surface area contributed by atoms with Gasteiger partial charge in [0.2, 0.25) is 0 Å². The zero-order chi connectivity index (χ0) is 24.8. The van der Waals surface area contributed by atoms with Crippen molar-refractivity contribution >= 4 is 21.7 Å². The normalized spacial score (nSPS) is 17.9. The van der Waals surface area contributed by atoms with Crippen molar-refractivity contribution in [1.29, 1.82) is 0 Å². The summed E-state index contributed by atoms with van der Waals surface area (Å²) in [6.07, 6.45) is 0. The largest absolute Gasteiger partial charge is 0.378 e. The van der Waals surface area contributed by atoms with Gasteiger partial charge in [-0.2, -0.15) is 12.7 Å². The predicted molar refractivity (Wildman–Crippen MR) is 137 cm³/mol. The lowest BCUT2D eigenvalue weighted by Crippen LogP contribution is -2.57. The van der Waals surface area contributed by atoms with Crippen molar-refractivity contribution in [1.82, 2.24) is 14.1 Å². The molecule has 10 heteroatoms. The molecule has 2 aromatic rings. The van der Waals surface area contributed by atoms with Gasteiger partial charge < -0.3 is 10.5 Å². The summed E-state index contributed by atoms with van der Waals surface area (Å²) in [4.78, 5) is 16.6. The first-order chi connectivity index (χ1) is 16.9. The number of carbonyl (C=O) groups is 1. The highest BCUT2D eigenvalue weighted by Gasteiger charge is 2.31. The summed E-state index contributed by atoms with van der Waals surface area (Å²) < 4.78 is 35.5. The van der Waals surface area contributed by atoms with E-state index in [-0.39, 0.29) is 18.9 Å². The van der Waals surface area contributed by atoms with Crippen LogP contribution in [0.3, 0.4) is 0 Å². The summed E-state index contributed by atoms with van der Waals surface area (Å²) in [5.74, 6) is -0.148. The van der Waals surface area contributed by atoms with Gasteiger partial charge in [0.05, 0.1) is 38.0 Å². The standard InChI is InChI=1S/C25H35N5O4S/c1-27(11-12-28-13-15-29(16-14-28)24-19-34-20-24)35(32,33)30(23-5-3-2-4-6-23)18-21-7-9-22(10-8-21)25(31)17-26/h2-10,24H,11-20,26H2,1H3. The van der Waals surface area contributed by atoms with E-state index >= 15 is 0 Å². The minimum absolute atomic E-state index is 0.0568. The Morgan fingerprint density at radius 2 is 1.69 bits per heavy atom. The molecule has 190 valence electrons. The number of carbonyl (C=O) groups excluding carboxylic acids is 1. The quantitative estimate of drug-likeness (QED) is 0.459. The molecule has 2 fully saturated rings. The Labute approximate surface area is 208 Å². The highest BCUT2D eigenvalue weighted by Crippen LogP contribution is 2.23. The van der Waals surface area contributed by atoms with Crippen LogP contribution >= 0.6 is 0 Å². The van der Waals surface area contributed by atoms with Crippen molar-refractivity contribution in [3.63, 3.8) is 0 Å². The molecule has 0 amide bonds. The zero-order valence-electron chi connectivity index (χ0n) is 20.3. The maximum atomic E-state index is 13.7. The molecular weight excluding hydrogens is 466 g/mol. The van der Waals surface area contributed by atoms with Crippen LogP contribution in [0.5, 0.6) is 0 Å². The first kappa shape index (κ1) is 25.7. The number of para-hydroxylation sites is 1. The molecule has 4 rings (SSSR count). The molecular formula is C25H35N5O4S. The van der Waals surface area contributed by atoms with Gasteiger partial charge in [0.25, 0.3) is 0 Å². The van der Waals surface area contributed by atoms with Gasteiger partial charge in [-0.3, -0.25) is 18.9 Å². The van der Waals surface area contributed by atoms with Crippen molar-refractivity contribution < 1.29 is 17.9 Å². The molecule has 2 aliphatic rings. The second-order valence-corrected chi connectivity index (χ2v) is 11.0. The molecule has 2 N–H and O–H groups in total. The molecule has 9 nitrogen and oxygen atoms in total. The number of benzene rings is 2. The molecule has 2 aromatic carbocycles. The van der Waals surface area contributed by atoms with E-state index in [0.29, 0.717) is 30.4 Å². The van der Waals surface area contributed by atoms with Crippen molar-refractivity contribution in [2.45, 2.75) is 12.6 Å². The van der Waals surface area contributed by atoms with E-state index in [4.69, 9.17) is 10.5 Å². The van der Waals surface area contributed by atoms with Crippen molar-refractivity contribution in [2.75, 3.05) is 70.4 Å². The lowest BCUT2D eigenvalue weighted by Gasteiger charge is -2.42. The number of ether oxygens (including phenoxy) is 1. The van der Waals surface area contributed by atoms with Crippen LogP contribution in [-0.2, 0) is 21.5 Å². The molecule has 0 saturated carbocycles. The molecule has 2 saturated heterocycles. The van der Waals surface area contributed by atoms with E-state index in [1.165, 1.54) is 8.61 Å². The van der Waals surface area contributed by atoms with Crippen LogP contribution in [-0.4, -0.2) is 100 Å². The van der Waals surface area contributed by atoms with Gasteiger partial charge in [-0.05, 0) is 17.7 Å². The molecule has 2 heterocycles. The average molecular weight is 502 g/mol. The van der Waals surface area contributed by atoms with Gasteiger partial charge >= 0.3 is 10.2 Å². The summed E-state index contributed by atoms with van der Waals surface area (Å²) in [5, 5.41) is 0. The number of Topliss-reactive ketones (excluding diaryl/α,β-unsaturated/α-hetero) is 1. The van der Waals surface area contributed by atoms with Gasteiger partial charge in [0, 0.05) is 51.9 Å². The monoisotopic (exact) mass is 501 g/mol. The van der Waals surface area contributed by atoms with Gasteiger partial charge in [0.15, 0.2) is 5.78 Å². The first-order valence-electron chi connectivity index (χ1n) is 12.0. The SMILES string of the molecule is CN(CCN1CCN(C2COC2)CC1)S(=O)(=O)N(Cc1ccc(C(=O)CN)cc1)c1ccccc1. The number of likely N-dealkylation sites (N-methyl/N-ethyl adjacent to an activating group) is 1. The van der Waals surface area contributed by atoms with Crippen molar-refractivity contribution in [3.8, 4) is 0 Å². The summed E-state index contributed by atoms with van der Waals surface area (Å²) in [7, 11) is -2.14. The molecule has 0 atom stereocenters. The third-order valence-electron chi connectivity index (χ3n) is 6.78. The van der Waals surface area contributed by atoms with Crippen molar-refractivity contribution in [3.05, 3.63) is 65.7 Å². The van der Waals surface area contributed by atoms with E-state index in [0.717, 1.165) is 45.0 Å². The van der Waals surface area contributed by atoms with E-state index in [1.807, 2.05) is 18.2 Å². The number of nitrogens with two attached hydrogens (primary N) is 1. The highest BCUT2D eigenvalue weighted by molar-refractivity contribution is 7.90. The lowest BCUT2D eigenvalue weighted by atomic mass is 10.1. The predicted octanol–water partition coefficient (Wildman–Crippen LogP) is 1.03. The molecule has 0 radical (unpaired) electrons. The fourth-order valence-corrected chi connectivity index (χ4v) is 5.68. The minimum Gasteiger partial charge on any atom is -0.378 e. The van der Waals surface area contributed by atoms with Gasteiger partial charge in [-0.25, -0.2) is 0 Å². The molecule has 0 aliphatic carbocycles. The second kappa shape index (κ2) is 11.6. The second-order valence-electron chi connectivity index (χ2n) is 9.06. The minimum atomic E-state index is -3.78. The van der Waals surface area contributed by atoms with Crippen LogP contribution in [0.1, 0.15) is 15.9 Å². The van der Waals surface area contributed by atoms with Crippen LogP contribution < -0.4 is 10.0 Å². The smallest absolute Gasteiger partial charge is 0.304 e. The maximum Gasteiger partial charge on any atom is 0.304 e.